The number of hydrogen-bond donors (Lipinski definition) is 1. The number of hydrogen-bond acceptors (Lipinski definition) is 2. The zero-order chi connectivity index (χ0) is 12.8. The highest BCUT2D eigenvalue weighted by Crippen LogP contribution is 2.15. The Bertz CT molecular complexity index is 518. The van der Waals surface area contributed by atoms with E-state index >= 15 is 0 Å². The lowest BCUT2D eigenvalue weighted by Gasteiger charge is -2.07. The molecule has 0 aliphatic heterocycles. The number of aliphatic hydroxyl groups excluding tert-OH is 1. The summed E-state index contributed by atoms with van der Waals surface area (Å²) in [5.41, 5.74) is 4.18. The van der Waals surface area contributed by atoms with E-state index in [-0.39, 0.29) is 6.61 Å². The van der Waals surface area contributed by atoms with E-state index in [1.807, 2.05) is 36.4 Å². The normalized spacial score (nSPS) is 10.3. The van der Waals surface area contributed by atoms with Gasteiger partial charge in [0, 0.05) is 6.42 Å². The zero-order valence-electron chi connectivity index (χ0n) is 10.2. The number of aldehydes is 1. The van der Waals surface area contributed by atoms with Crippen molar-refractivity contribution in [1.82, 2.24) is 0 Å². The molecule has 2 nitrogen and oxygen atoms in total. The van der Waals surface area contributed by atoms with E-state index in [4.69, 9.17) is 0 Å². The fourth-order valence-electron chi connectivity index (χ4n) is 2.08. The van der Waals surface area contributed by atoms with Crippen LogP contribution in [0.5, 0.6) is 0 Å². The summed E-state index contributed by atoms with van der Waals surface area (Å²) in [7, 11) is 0. The molecule has 0 unspecified atom stereocenters. The maximum Gasteiger partial charge on any atom is 0.124 e. The average molecular weight is 240 g/mol. The van der Waals surface area contributed by atoms with Crippen LogP contribution in [-0.4, -0.2) is 11.4 Å². The highest BCUT2D eigenvalue weighted by Gasteiger charge is 2.02. The summed E-state index contributed by atoms with van der Waals surface area (Å²) in [4.78, 5) is 10.6. The van der Waals surface area contributed by atoms with Crippen LogP contribution in [-0.2, 0) is 24.2 Å². The lowest BCUT2D eigenvalue weighted by molar-refractivity contribution is -0.107. The van der Waals surface area contributed by atoms with Crippen LogP contribution in [0.25, 0.3) is 0 Å². The second-order valence-corrected chi connectivity index (χ2v) is 4.35. The van der Waals surface area contributed by atoms with Crippen LogP contribution in [0.4, 0.5) is 0 Å². The first-order valence-electron chi connectivity index (χ1n) is 6.02. The van der Waals surface area contributed by atoms with Gasteiger partial charge in [-0.15, -0.1) is 0 Å². The summed E-state index contributed by atoms with van der Waals surface area (Å²) in [5.74, 6) is 0. The fraction of sp³-hybridized carbons (Fsp3) is 0.188. The van der Waals surface area contributed by atoms with E-state index in [0.717, 1.165) is 29.4 Å². The van der Waals surface area contributed by atoms with E-state index in [1.54, 1.807) is 0 Å². The second-order valence-electron chi connectivity index (χ2n) is 4.35. The molecule has 2 heteroatoms. The third-order valence-electron chi connectivity index (χ3n) is 2.87. The molecular weight excluding hydrogens is 224 g/mol. The van der Waals surface area contributed by atoms with Crippen LogP contribution < -0.4 is 0 Å². The molecule has 0 aromatic heterocycles. The van der Waals surface area contributed by atoms with Crippen LogP contribution in [0.15, 0.2) is 48.5 Å². The molecular formula is C16H16O2. The minimum atomic E-state index is 0.00842. The summed E-state index contributed by atoms with van der Waals surface area (Å²) >= 11 is 0. The van der Waals surface area contributed by atoms with E-state index in [9.17, 15) is 9.90 Å². The first kappa shape index (κ1) is 12.5. The van der Waals surface area contributed by atoms with Crippen molar-refractivity contribution >= 4 is 6.29 Å². The smallest absolute Gasteiger partial charge is 0.124 e. The van der Waals surface area contributed by atoms with Crippen molar-refractivity contribution in [2.75, 3.05) is 0 Å². The first-order chi connectivity index (χ1) is 8.81. The molecule has 0 bridgehead atoms. The molecule has 92 valence electrons. The van der Waals surface area contributed by atoms with Gasteiger partial charge in [0.2, 0.25) is 0 Å². The van der Waals surface area contributed by atoms with Gasteiger partial charge in [-0.3, -0.25) is 0 Å². The van der Waals surface area contributed by atoms with Gasteiger partial charge in [0.1, 0.15) is 6.29 Å². The van der Waals surface area contributed by atoms with E-state index < -0.39 is 0 Å². The highest BCUT2D eigenvalue weighted by atomic mass is 16.3. The van der Waals surface area contributed by atoms with Crippen LogP contribution in [0.2, 0.25) is 0 Å². The predicted octanol–water partition coefficient (Wildman–Crippen LogP) is 2.51. The van der Waals surface area contributed by atoms with Gasteiger partial charge in [-0.1, -0.05) is 48.5 Å². The summed E-state index contributed by atoms with van der Waals surface area (Å²) in [6, 6.07) is 16.1. The quantitative estimate of drug-likeness (QED) is 0.815. The van der Waals surface area contributed by atoms with Gasteiger partial charge in [0.05, 0.1) is 6.61 Å². The maximum absolute atomic E-state index is 10.6. The Morgan fingerprint density at radius 2 is 1.56 bits per heavy atom. The molecule has 18 heavy (non-hydrogen) atoms. The topological polar surface area (TPSA) is 37.3 Å². The number of aliphatic hydroxyl groups is 1. The second kappa shape index (κ2) is 6.12. The highest BCUT2D eigenvalue weighted by molar-refractivity contribution is 5.55. The van der Waals surface area contributed by atoms with Crippen molar-refractivity contribution in [3.63, 3.8) is 0 Å². The van der Waals surface area contributed by atoms with Crippen molar-refractivity contribution in [2.24, 2.45) is 0 Å². The van der Waals surface area contributed by atoms with Gasteiger partial charge in [0.15, 0.2) is 0 Å². The Kier molecular flexibility index (Phi) is 4.26. The Morgan fingerprint density at radius 1 is 0.889 bits per heavy atom. The minimum absolute atomic E-state index is 0.00842. The number of carbonyl (C=O) groups excluding carboxylic acids is 1. The van der Waals surface area contributed by atoms with Crippen molar-refractivity contribution in [3.05, 3.63) is 70.8 Å². The van der Waals surface area contributed by atoms with Crippen LogP contribution in [0, 0.1) is 0 Å². The van der Waals surface area contributed by atoms with Crippen LogP contribution in [0.3, 0.4) is 0 Å². The Morgan fingerprint density at radius 3 is 2.22 bits per heavy atom. The van der Waals surface area contributed by atoms with Crippen molar-refractivity contribution < 1.29 is 9.90 Å². The number of rotatable bonds is 5. The lowest BCUT2D eigenvalue weighted by atomic mass is 9.99. The van der Waals surface area contributed by atoms with E-state index in [0.29, 0.717) is 6.42 Å². The van der Waals surface area contributed by atoms with Gasteiger partial charge in [-0.25, -0.2) is 0 Å². The Hall–Kier alpha value is -1.93. The van der Waals surface area contributed by atoms with Gasteiger partial charge in [-0.05, 0) is 28.7 Å². The van der Waals surface area contributed by atoms with Gasteiger partial charge in [0.25, 0.3) is 0 Å². The summed E-state index contributed by atoms with van der Waals surface area (Å²) < 4.78 is 0. The summed E-state index contributed by atoms with van der Waals surface area (Å²) in [6.45, 7) is 0.00842. The molecule has 1 N–H and O–H groups in total. The fourth-order valence-corrected chi connectivity index (χ4v) is 2.08. The van der Waals surface area contributed by atoms with Crippen molar-refractivity contribution in [1.29, 1.82) is 0 Å². The molecule has 0 saturated heterocycles. The molecule has 0 amide bonds. The van der Waals surface area contributed by atoms with E-state index in [2.05, 4.69) is 12.1 Å². The largest absolute Gasteiger partial charge is 0.392 e. The molecule has 0 aliphatic rings. The lowest BCUT2D eigenvalue weighted by Crippen LogP contribution is -1.96. The molecule has 0 heterocycles. The minimum Gasteiger partial charge on any atom is -0.392 e. The van der Waals surface area contributed by atoms with Gasteiger partial charge >= 0.3 is 0 Å². The van der Waals surface area contributed by atoms with E-state index in [1.165, 1.54) is 5.56 Å². The van der Waals surface area contributed by atoms with Crippen LogP contribution >= 0.6 is 0 Å². The number of carbonyl (C=O) groups is 1. The third kappa shape index (κ3) is 3.28. The molecule has 2 rings (SSSR count). The summed E-state index contributed by atoms with van der Waals surface area (Å²) in [5, 5.41) is 9.23. The monoisotopic (exact) mass is 240 g/mol. The van der Waals surface area contributed by atoms with Gasteiger partial charge < -0.3 is 9.90 Å². The van der Waals surface area contributed by atoms with Crippen LogP contribution in [0.1, 0.15) is 22.3 Å². The predicted molar refractivity (Wildman–Crippen MR) is 71.4 cm³/mol. The Balaban J connectivity index is 2.26. The molecule has 2 aromatic rings. The van der Waals surface area contributed by atoms with Gasteiger partial charge in [-0.2, -0.15) is 0 Å². The molecule has 0 radical (unpaired) electrons. The summed E-state index contributed by atoms with van der Waals surface area (Å²) in [6.07, 6.45) is 2.11. The number of benzene rings is 2. The standard InChI is InChI=1S/C16H16O2/c17-7-6-14-9-15(11-16(10-14)12-18)8-13-4-2-1-3-5-13/h1-5,7,9-11,18H,6,8,12H2. The molecule has 2 aromatic carbocycles. The first-order valence-corrected chi connectivity index (χ1v) is 6.02. The van der Waals surface area contributed by atoms with Crippen molar-refractivity contribution in [2.45, 2.75) is 19.4 Å². The maximum atomic E-state index is 10.6. The van der Waals surface area contributed by atoms with Crippen molar-refractivity contribution in [3.8, 4) is 0 Å². The molecule has 0 saturated carbocycles. The Labute approximate surface area is 107 Å². The SMILES string of the molecule is O=CCc1cc(CO)cc(Cc2ccccc2)c1. The molecule has 0 spiro atoms. The molecule has 0 fully saturated rings. The third-order valence-corrected chi connectivity index (χ3v) is 2.87. The zero-order valence-corrected chi connectivity index (χ0v) is 10.2. The average Bonchev–Trinajstić information content (AvgIpc) is 2.40. The molecule has 0 atom stereocenters. The molecule has 0 aliphatic carbocycles.